The van der Waals surface area contributed by atoms with Crippen LogP contribution in [-0.2, 0) is 14.3 Å². The van der Waals surface area contributed by atoms with Crippen molar-refractivity contribution in [2.75, 3.05) is 7.11 Å². The number of methoxy groups -OCH3 is 1. The predicted octanol–water partition coefficient (Wildman–Crippen LogP) is 2.62. The SMILES string of the molecule is COC(=O)C1=C(C)CC(c2ccccc2)CC1=O. The smallest absolute Gasteiger partial charge is 0.341 e. The van der Waals surface area contributed by atoms with E-state index in [2.05, 4.69) is 4.74 Å². The topological polar surface area (TPSA) is 43.4 Å². The molecule has 1 aromatic carbocycles. The summed E-state index contributed by atoms with van der Waals surface area (Å²) in [6, 6.07) is 9.93. The highest BCUT2D eigenvalue weighted by Crippen LogP contribution is 2.34. The fourth-order valence-corrected chi connectivity index (χ4v) is 2.46. The van der Waals surface area contributed by atoms with Gasteiger partial charge in [0.25, 0.3) is 0 Å². The maximum Gasteiger partial charge on any atom is 0.341 e. The van der Waals surface area contributed by atoms with Crippen LogP contribution < -0.4 is 0 Å². The number of esters is 1. The van der Waals surface area contributed by atoms with Crippen LogP contribution in [0.5, 0.6) is 0 Å². The molecule has 0 heterocycles. The molecule has 0 amide bonds. The first kappa shape index (κ1) is 12.6. The predicted molar refractivity (Wildman–Crippen MR) is 68.1 cm³/mol. The van der Waals surface area contributed by atoms with Crippen LogP contribution >= 0.6 is 0 Å². The summed E-state index contributed by atoms with van der Waals surface area (Å²) in [5.74, 6) is -0.449. The van der Waals surface area contributed by atoms with Gasteiger partial charge in [0.15, 0.2) is 5.78 Å². The Morgan fingerprint density at radius 1 is 1.22 bits per heavy atom. The molecule has 1 aliphatic carbocycles. The van der Waals surface area contributed by atoms with Gasteiger partial charge >= 0.3 is 5.97 Å². The highest BCUT2D eigenvalue weighted by atomic mass is 16.5. The van der Waals surface area contributed by atoms with Gasteiger partial charge in [0, 0.05) is 6.42 Å². The molecular weight excluding hydrogens is 228 g/mol. The second-order valence-corrected chi connectivity index (χ2v) is 4.59. The van der Waals surface area contributed by atoms with Gasteiger partial charge in [-0.15, -0.1) is 0 Å². The zero-order valence-corrected chi connectivity index (χ0v) is 10.6. The van der Waals surface area contributed by atoms with Crippen molar-refractivity contribution in [3.8, 4) is 0 Å². The van der Waals surface area contributed by atoms with Crippen LogP contribution in [-0.4, -0.2) is 18.9 Å². The maximum absolute atomic E-state index is 12.0. The molecule has 0 bridgehead atoms. The van der Waals surface area contributed by atoms with Gasteiger partial charge in [-0.2, -0.15) is 0 Å². The Morgan fingerprint density at radius 2 is 1.89 bits per heavy atom. The van der Waals surface area contributed by atoms with E-state index in [4.69, 9.17) is 0 Å². The van der Waals surface area contributed by atoms with Crippen LogP contribution in [0.1, 0.15) is 31.2 Å². The van der Waals surface area contributed by atoms with Crippen LogP contribution in [0.3, 0.4) is 0 Å². The molecular formula is C15H16O3. The molecule has 0 saturated heterocycles. The highest BCUT2D eigenvalue weighted by Gasteiger charge is 2.30. The molecule has 0 N–H and O–H groups in total. The highest BCUT2D eigenvalue weighted by molar-refractivity contribution is 6.18. The van der Waals surface area contributed by atoms with Crippen molar-refractivity contribution >= 4 is 11.8 Å². The van der Waals surface area contributed by atoms with E-state index in [9.17, 15) is 9.59 Å². The van der Waals surface area contributed by atoms with Crippen molar-refractivity contribution in [3.05, 3.63) is 47.0 Å². The molecule has 3 nitrogen and oxygen atoms in total. The first-order valence-corrected chi connectivity index (χ1v) is 5.99. The molecule has 94 valence electrons. The number of allylic oxidation sites excluding steroid dienone is 1. The molecule has 1 aromatic rings. The molecule has 0 fully saturated rings. The van der Waals surface area contributed by atoms with E-state index in [0.29, 0.717) is 6.42 Å². The number of Topliss-reactive ketones (excluding diaryl/α,β-unsaturated/α-hetero) is 1. The fourth-order valence-electron chi connectivity index (χ4n) is 2.46. The van der Waals surface area contributed by atoms with Gasteiger partial charge in [0.2, 0.25) is 0 Å². The monoisotopic (exact) mass is 244 g/mol. The minimum Gasteiger partial charge on any atom is -0.465 e. The lowest BCUT2D eigenvalue weighted by Crippen LogP contribution is -2.23. The fraction of sp³-hybridized carbons (Fsp3) is 0.333. The van der Waals surface area contributed by atoms with Crippen molar-refractivity contribution in [2.24, 2.45) is 0 Å². The molecule has 0 spiro atoms. The number of rotatable bonds is 2. The van der Waals surface area contributed by atoms with Gasteiger partial charge in [-0.1, -0.05) is 35.9 Å². The Bertz CT molecular complexity index is 500. The van der Waals surface area contributed by atoms with Crippen molar-refractivity contribution < 1.29 is 14.3 Å². The summed E-state index contributed by atoms with van der Waals surface area (Å²) in [4.78, 5) is 23.6. The zero-order chi connectivity index (χ0) is 13.1. The Balaban J connectivity index is 2.28. The lowest BCUT2D eigenvalue weighted by atomic mass is 9.80. The van der Waals surface area contributed by atoms with Crippen LogP contribution in [0.15, 0.2) is 41.5 Å². The first-order chi connectivity index (χ1) is 8.63. The summed E-state index contributed by atoms with van der Waals surface area (Å²) in [6.45, 7) is 1.83. The number of carbonyl (C=O) groups excluding carboxylic acids is 2. The van der Waals surface area contributed by atoms with E-state index in [1.165, 1.54) is 7.11 Å². The number of carbonyl (C=O) groups is 2. The summed E-state index contributed by atoms with van der Waals surface area (Å²) in [5.41, 5.74) is 2.21. The molecule has 0 aliphatic heterocycles. The summed E-state index contributed by atoms with van der Waals surface area (Å²) in [5, 5.41) is 0. The van der Waals surface area contributed by atoms with Gasteiger partial charge in [-0.25, -0.2) is 4.79 Å². The number of hydrogen-bond acceptors (Lipinski definition) is 3. The van der Waals surface area contributed by atoms with Gasteiger partial charge in [-0.05, 0) is 24.8 Å². The van der Waals surface area contributed by atoms with Crippen LogP contribution in [0.2, 0.25) is 0 Å². The Morgan fingerprint density at radius 3 is 2.44 bits per heavy atom. The third-order valence-electron chi connectivity index (χ3n) is 3.35. The number of benzene rings is 1. The maximum atomic E-state index is 12.0. The molecule has 2 rings (SSSR count). The second kappa shape index (κ2) is 5.17. The molecule has 0 saturated carbocycles. The standard InChI is InChI=1S/C15H16O3/c1-10-8-12(11-6-4-3-5-7-11)9-13(16)14(10)15(17)18-2/h3-7,12H,8-9H2,1-2H3. The average molecular weight is 244 g/mol. The Labute approximate surface area is 106 Å². The number of hydrogen-bond donors (Lipinski definition) is 0. The molecule has 1 atom stereocenters. The van der Waals surface area contributed by atoms with E-state index in [1.54, 1.807) is 0 Å². The lowest BCUT2D eigenvalue weighted by molar-refractivity contribution is -0.138. The average Bonchev–Trinajstić information content (AvgIpc) is 2.38. The first-order valence-electron chi connectivity index (χ1n) is 5.99. The molecule has 3 heteroatoms. The van der Waals surface area contributed by atoms with Crippen LogP contribution in [0.25, 0.3) is 0 Å². The molecule has 1 aliphatic rings. The van der Waals surface area contributed by atoms with Gasteiger partial charge in [-0.3, -0.25) is 4.79 Å². The quantitative estimate of drug-likeness (QED) is 0.593. The third kappa shape index (κ3) is 2.35. The molecule has 0 aromatic heterocycles. The Kier molecular flexibility index (Phi) is 3.60. The van der Waals surface area contributed by atoms with Gasteiger partial charge < -0.3 is 4.74 Å². The van der Waals surface area contributed by atoms with Crippen molar-refractivity contribution in [1.29, 1.82) is 0 Å². The number of ketones is 1. The summed E-state index contributed by atoms with van der Waals surface area (Å²) < 4.78 is 4.65. The van der Waals surface area contributed by atoms with E-state index in [0.717, 1.165) is 17.6 Å². The summed E-state index contributed by atoms with van der Waals surface area (Å²) in [6.07, 6.45) is 1.12. The lowest BCUT2D eigenvalue weighted by Gasteiger charge is -2.23. The Hall–Kier alpha value is -1.90. The zero-order valence-electron chi connectivity index (χ0n) is 10.6. The molecule has 1 unspecified atom stereocenters. The van der Waals surface area contributed by atoms with E-state index < -0.39 is 5.97 Å². The minimum atomic E-state index is -0.510. The number of ether oxygens (including phenoxy) is 1. The molecule has 0 radical (unpaired) electrons. The second-order valence-electron chi connectivity index (χ2n) is 4.59. The van der Waals surface area contributed by atoms with E-state index in [-0.39, 0.29) is 17.3 Å². The van der Waals surface area contributed by atoms with E-state index in [1.807, 2.05) is 37.3 Å². The summed E-state index contributed by atoms with van der Waals surface area (Å²) >= 11 is 0. The van der Waals surface area contributed by atoms with Crippen LogP contribution in [0, 0.1) is 0 Å². The molecule has 18 heavy (non-hydrogen) atoms. The van der Waals surface area contributed by atoms with Crippen molar-refractivity contribution in [2.45, 2.75) is 25.7 Å². The van der Waals surface area contributed by atoms with E-state index >= 15 is 0 Å². The summed E-state index contributed by atoms with van der Waals surface area (Å²) in [7, 11) is 1.30. The van der Waals surface area contributed by atoms with Gasteiger partial charge in [0.05, 0.1) is 7.11 Å². The van der Waals surface area contributed by atoms with Crippen molar-refractivity contribution in [3.63, 3.8) is 0 Å². The van der Waals surface area contributed by atoms with Crippen LogP contribution in [0.4, 0.5) is 0 Å². The van der Waals surface area contributed by atoms with Gasteiger partial charge in [0.1, 0.15) is 5.57 Å². The third-order valence-corrected chi connectivity index (χ3v) is 3.35. The minimum absolute atomic E-state index is 0.112. The van der Waals surface area contributed by atoms with Crippen molar-refractivity contribution in [1.82, 2.24) is 0 Å². The normalized spacial score (nSPS) is 19.9. The largest absolute Gasteiger partial charge is 0.465 e.